The average molecular weight is 346 g/mol. The normalized spacial score (nSPS) is 27.2. The molecule has 4 heteroatoms. The van der Waals surface area contributed by atoms with Crippen molar-refractivity contribution < 1.29 is 4.74 Å². The Hall–Kier alpha value is -2.51. The summed E-state index contributed by atoms with van der Waals surface area (Å²) in [7, 11) is 0. The maximum Gasteiger partial charge on any atom is 0.282 e. The van der Waals surface area contributed by atoms with Crippen LogP contribution in [-0.2, 0) is 10.3 Å². The van der Waals surface area contributed by atoms with Crippen LogP contribution in [-0.4, -0.2) is 12.1 Å². The maximum absolute atomic E-state index is 7.94. The zero-order chi connectivity index (χ0) is 17.2. The van der Waals surface area contributed by atoms with Gasteiger partial charge in [0.05, 0.1) is 5.54 Å². The standard InChI is InChI=1S/C21H18N2OS/c1-3-4-12-5-7-18-14(9-12)15-10-13(6-8-19(15)25-18)21(2)16-11-17(16)24-20(22)23-21/h5-10,16-17H,11H2,1-2H3,(H2,22,23)/t16-,17+,21-/m1/s1. The number of hydrogen-bond acceptors (Lipinski definition) is 3. The van der Waals surface area contributed by atoms with Crippen LogP contribution < -0.4 is 5.32 Å². The van der Waals surface area contributed by atoms with Crippen LogP contribution in [0.4, 0.5) is 0 Å². The number of benzene rings is 2. The summed E-state index contributed by atoms with van der Waals surface area (Å²) in [5.74, 6) is 6.57. The number of ether oxygens (including phenoxy) is 1. The highest BCUT2D eigenvalue weighted by atomic mass is 32.1. The van der Waals surface area contributed by atoms with E-state index in [0.29, 0.717) is 5.92 Å². The SMILES string of the molecule is CC#Cc1ccc2sc3ccc([C@@]4(C)NC(=N)O[C@H]5C[C@H]54)cc3c2c1. The number of nitrogens with one attached hydrogen (secondary N) is 2. The van der Waals surface area contributed by atoms with Crippen LogP contribution in [0, 0.1) is 23.2 Å². The third kappa shape index (κ3) is 2.16. The van der Waals surface area contributed by atoms with Crippen LogP contribution in [0.2, 0.25) is 0 Å². The van der Waals surface area contributed by atoms with Gasteiger partial charge in [-0.25, -0.2) is 0 Å². The van der Waals surface area contributed by atoms with E-state index in [9.17, 15) is 0 Å². The van der Waals surface area contributed by atoms with Gasteiger partial charge in [0.1, 0.15) is 6.10 Å². The van der Waals surface area contributed by atoms with E-state index >= 15 is 0 Å². The number of fused-ring (bicyclic) bond motifs is 4. The lowest BCUT2D eigenvalue weighted by Gasteiger charge is -2.36. The van der Waals surface area contributed by atoms with E-state index in [1.165, 1.54) is 25.7 Å². The molecule has 2 heterocycles. The molecule has 2 N–H and O–H groups in total. The van der Waals surface area contributed by atoms with Crippen LogP contribution in [0.15, 0.2) is 36.4 Å². The van der Waals surface area contributed by atoms with Gasteiger partial charge in [-0.1, -0.05) is 12.0 Å². The molecule has 25 heavy (non-hydrogen) atoms. The molecule has 0 unspecified atom stereocenters. The Bertz CT molecular complexity index is 1100. The molecule has 1 aliphatic heterocycles. The average Bonchev–Trinajstić information content (AvgIpc) is 3.28. The fourth-order valence-corrected chi connectivity index (χ4v) is 5.09. The fraction of sp³-hybridized carbons (Fsp3) is 0.286. The number of thiophene rings is 1. The minimum Gasteiger partial charge on any atom is -0.462 e. The molecule has 1 saturated heterocycles. The minimum absolute atomic E-state index is 0.192. The molecule has 2 aliphatic rings. The Morgan fingerprint density at radius 1 is 1.20 bits per heavy atom. The van der Waals surface area contributed by atoms with Crippen LogP contribution in [0.25, 0.3) is 20.2 Å². The topological polar surface area (TPSA) is 45.1 Å². The molecule has 3 atom stereocenters. The van der Waals surface area contributed by atoms with Gasteiger partial charge in [-0.2, -0.15) is 0 Å². The lowest BCUT2D eigenvalue weighted by Crippen LogP contribution is -2.50. The van der Waals surface area contributed by atoms with Gasteiger partial charge in [-0.15, -0.1) is 17.3 Å². The first kappa shape index (κ1) is 14.8. The predicted molar refractivity (Wildman–Crippen MR) is 103 cm³/mol. The molecule has 5 rings (SSSR count). The van der Waals surface area contributed by atoms with Crippen LogP contribution in [0.3, 0.4) is 0 Å². The number of amidine groups is 1. The first-order valence-corrected chi connectivity index (χ1v) is 9.33. The van der Waals surface area contributed by atoms with Crippen molar-refractivity contribution in [1.29, 1.82) is 5.41 Å². The smallest absolute Gasteiger partial charge is 0.282 e. The van der Waals surface area contributed by atoms with E-state index in [-0.39, 0.29) is 17.7 Å². The van der Waals surface area contributed by atoms with Gasteiger partial charge in [0.25, 0.3) is 6.02 Å². The maximum atomic E-state index is 7.94. The lowest BCUT2D eigenvalue weighted by atomic mass is 9.85. The fourth-order valence-electron chi connectivity index (χ4n) is 4.03. The molecule has 3 aromatic rings. The van der Waals surface area contributed by atoms with E-state index in [4.69, 9.17) is 10.1 Å². The van der Waals surface area contributed by atoms with Crippen LogP contribution >= 0.6 is 11.3 Å². The number of hydrogen-bond donors (Lipinski definition) is 2. The van der Waals surface area contributed by atoms with E-state index in [2.05, 4.69) is 60.5 Å². The van der Waals surface area contributed by atoms with E-state index in [1.54, 1.807) is 0 Å². The van der Waals surface area contributed by atoms with Gasteiger partial charge in [-0.05, 0) is 56.2 Å². The van der Waals surface area contributed by atoms with Crippen molar-refractivity contribution in [3.8, 4) is 11.8 Å². The molecule has 3 nitrogen and oxygen atoms in total. The molecule has 0 spiro atoms. The van der Waals surface area contributed by atoms with E-state index in [0.717, 1.165) is 12.0 Å². The van der Waals surface area contributed by atoms with Gasteiger partial charge >= 0.3 is 0 Å². The summed E-state index contributed by atoms with van der Waals surface area (Å²) < 4.78 is 8.10. The molecule has 0 amide bonds. The molecule has 2 aromatic carbocycles. The van der Waals surface area contributed by atoms with Gasteiger partial charge < -0.3 is 10.1 Å². The Kier molecular flexibility index (Phi) is 2.96. The Morgan fingerprint density at radius 3 is 2.76 bits per heavy atom. The highest BCUT2D eigenvalue weighted by Crippen LogP contribution is 2.51. The Balaban J connectivity index is 1.69. The molecular weight excluding hydrogens is 328 g/mol. The quantitative estimate of drug-likeness (QED) is 0.633. The summed E-state index contributed by atoms with van der Waals surface area (Å²) >= 11 is 1.82. The summed E-state index contributed by atoms with van der Waals surface area (Å²) in [6.07, 6.45) is 1.21. The summed E-state index contributed by atoms with van der Waals surface area (Å²) in [6.45, 7) is 4.06. The van der Waals surface area contributed by atoms with Crippen molar-refractivity contribution in [2.75, 3.05) is 0 Å². The molecule has 0 bridgehead atoms. The zero-order valence-corrected chi connectivity index (χ0v) is 15.0. The van der Waals surface area contributed by atoms with Crippen molar-refractivity contribution in [3.63, 3.8) is 0 Å². The molecule has 2 fully saturated rings. The zero-order valence-electron chi connectivity index (χ0n) is 14.1. The predicted octanol–water partition coefficient (Wildman–Crippen LogP) is 4.58. The first-order valence-electron chi connectivity index (χ1n) is 8.51. The van der Waals surface area contributed by atoms with Gasteiger partial charge in [-0.3, -0.25) is 5.41 Å². The lowest BCUT2D eigenvalue weighted by molar-refractivity contribution is 0.165. The monoisotopic (exact) mass is 346 g/mol. The second kappa shape index (κ2) is 5.00. The van der Waals surface area contributed by atoms with Crippen LogP contribution in [0.5, 0.6) is 0 Å². The third-order valence-electron chi connectivity index (χ3n) is 5.45. The summed E-state index contributed by atoms with van der Waals surface area (Å²) in [5.41, 5.74) is 2.05. The van der Waals surface area contributed by atoms with Crippen molar-refractivity contribution >= 4 is 37.5 Å². The highest BCUT2D eigenvalue weighted by molar-refractivity contribution is 7.25. The van der Waals surface area contributed by atoms with Gasteiger partial charge in [0, 0.05) is 31.7 Å². The second-order valence-electron chi connectivity index (χ2n) is 7.05. The van der Waals surface area contributed by atoms with E-state index in [1.807, 2.05) is 18.3 Å². The summed E-state index contributed by atoms with van der Waals surface area (Å²) in [5, 5.41) is 13.8. The summed E-state index contributed by atoms with van der Waals surface area (Å²) in [4.78, 5) is 0. The Labute approximate surface area is 150 Å². The van der Waals surface area contributed by atoms with Gasteiger partial charge in [0.2, 0.25) is 0 Å². The molecular formula is C21H18N2OS. The first-order chi connectivity index (χ1) is 12.1. The largest absolute Gasteiger partial charge is 0.462 e. The molecule has 1 aromatic heterocycles. The second-order valence-corrected chi connectivity index (χ2v) is 8.14. The van der Waals surface area contributed by atoms with Crippen molar-refractivity contribution in [2.45, 2.75) is 31.9 Å². The van der Waals surface area contributed by atoms with Crippen LogP contribution in [0.1, 0.15) is 31.4 Å². The van der Waals surface area contributed by atoms with Crippen molar-refractivity contribution in [1.82, 2.24) is 5.32 Å². The van der Waals surface area contributed by atoms with Crippen molar-refractivity contribution in [2.24, 2.45) is 5.92 Å². The molecule has 124 valence electrons. The number of rotatable bonds is 1. The van der Waals surface area contributed by atoms with Crippen molar-refractivity contribution in [3.05, 3.63) is 47.5 Å². The minimum atomic E-state index is -0.233. The Morgan fingerprint density at radius 2 is 1.96 bits per heavy atom. The van der Waals surface area contributed by atoms with E-state index < -0.39 is 0 Å². The highest BCUT2D eigenvalue weighted by Gasteiger charge is 2.57. The van der Waals surface area contributed by atoms with Gasteiger partial charge in [0.15, 0.2) is 0 Å². The summed E-state index contributed by atoms with van der Waals surface area (Å²) in [6, 6.07) is 13.3. The molecule has 1 saturated carbocycles. The third-order valence-corrected chi connectivity index (χ3v) is 6.61. The molecule has 0 radical (unpaired) electrons. The molecule has 1 aliphatic carbocycles.